The van der Waals surface area contributed by atoms with Crippen LogP contribution in [-0.2, 0) is 38.3 Å². The summed E-state index contributed by atoms with van der Waals surface area (Å²) in [5, 5.41) is 8.27. The summed E-state index contributed by atoms with van der Waals surface area (Å²) in [4.78, 5) is 0. The highest BCUT2D eigenvalue weighted by atomic mass is 28.3. The van der Waals surface area contributed by atoms with Gasteiger partial charge in [0.15, 0.2) is 11.5 Å². The fourth-order valence-corrected chi connectivity index (χ4v) is 4.12. The van der Waals surface area contributed by atoms with Crippen LogP contribution in [0.15, 0.2) is 12.4 Å². The van der Waals surface area contributed by atoms with Crippen LogP contribution in [0.4, 0.5) is 13.2 Å². The number of hydrogen-bond donors (Lipinski definition) is 0. The number of nitrogens with zero attached hydrogens (tertiary/aromatic N) is 4. The second-order valence-corrected chi connectivity index (χ2v) is 16.4. The van der Waals surface area contributed by atoms with Gasteiger partial charge in [-0.3, -0.25) is 0 Å². The molecule has 2 aromatic heterocycles. The van der Waals surface area contributed by atoms with E-state index in [1.807, 2.05) is 0 Å². The van der Waals surface area contributed by atoms with Crippen LogP contribution < -0.4 is 5.46 Å². The van der Waals surface area contributed by atoms with Crippen LogP contribution in [0.1, 0.15) is 39.0 Å². The van der Waals surface area contributed by atoms with Crippen molar-refractivity contribution >= 4 is 20.7 Å². The van der Waals surface area contributed by atoms with E-state index in [0.717, 1.165) is 10.7 Å². The van der Waals surface area contributed by atoms with E-state index in [2.05, 4.69) is 29.8 Å². The largest absolute Gasteiger partial charge is 0.498 e. The molecule has 190 valence electrons. The number of rotatable bonds is 9. The maximum atomic E-state index is 13.9. The van der Waals surface area contributed by atoms with Gasteiger partial charge in [0.25, 0.3) is 0 Å². The van der Waals surface area contributed by atoms with Gasteiger partial charge in [-0.1, -0.05) is 19.6 Å². The molecule has 3 heterocycles. The van der Waals surface area contributed by atoms with E-state index in [9.17, 15) is 13.2 Å². The molecule has 13 heteroatoms. The predicted octanol–water partition coefficient (Wildman–Crippen LogP) is 3.85. The molecule has 0 amide bonds. The summed E-state index contributed by atoms with van der Waals surface area (Å²) in [6.45, 7) is 14.8. The van der Waals surface area contributed by atoms with E-state index in [4.69, 9.17) is 18.8 Å². The molecular weight excluding hydrogens is 468 g/mol. The highest BCUT2D eigenvalue weighted by molar-refractivity contribution is 6.76. The first kappa shape index (κ1) is 26.9. The zero-order valence-electron chi connectivity index (χ0n) is 21.1. The molecule has 0 atom stereocenters. The van der Waals surface area contributed by atoms with Crippen LogP contribution in [0.5, 0.6) is 0 Å². The van der Waals surface area contributed by atoms with Gasteiger partial charge in [-0.25, -0.2) is 9.36 Å². The lowest BCUT2D eigenvalue weighted by Gasteiger charge is -2.32. The number of hydrogen-bond acceptors (Lipinski definition) is 6. The highest BCUT2D eigenvalue weighted by Crippen LogP contribution is 2.38. The van der Waals surface area contributed by atoms with Crippen molar-refractivity contribution in [2.75, 3.05) is 13.7 Å². The molecule has 0 radical (unpaired) electrons. The van der Waals surface area contributed by atoms with Gasteiger partial charge in [-0.15, -0.1) is 0 Å². The van der Waals surface area contributed by atoms with Crippen LogP contribution in [0.2, 0.25) is 25.7 Å². The van der Waals surface area contributed by atoms with Crippen molar-refractivity contribution in [3.63, 3.8) is 0 Å². The first-order valence-electron chi connectivity index (χ1n) is 11.2. The predicted molar refractivity (Wildman–Crippen MR) is 125 cm³/mol. The van der Waals surface area contributed by atoms with E-state index >= 15 is 0 Å². The summed E-state index contributed by atoms with van der Waals surface area (Å²) < 4.78 is 67.1. The van der Waals surface area contributed by atoms with Crippen molar-refractivity contribution in [3.05, 3.63) is 23.7 Å². The Bertz CT molecular complexity index is 985. The zero-order chi connectivity index (χ0) is 25.5. The molecule has 1 aliphatic heterocycles. The minimum atomic E-state index is -4.70. The monoisotopic (exact) mass is 502 g/mol. The topological polar surface area (TPSA) is 72.6 Å². The first-order valence-corrected chi connectivity index (χ1v) is 14.9. The van der Waals surface area contributed by atoms with Gasteiger partial charge >= 0.3 is 13.3 Å². The maximum absolute atomic E-state index is 13.9. The van der Waals surface area contributed by atoms with Gasteiger partial charge in [-0.05, 0) is 33.7 Å². The average molecular weight is 502 g/mol. The van der Waals surface area contributed by atoms with Crippen molar-refractivity contribution in [2.45, 2.75) is 84.1 Å². The van der Waals surface area contributed by atoms with Crippen LogP contribution in [0, 0.1) is 0 Å². The van der Waals surface area contributed by atoms with Crippen LogP contribution in [0.25, 0.3) is 5.82 Å². The van der Waals surface area contributed by atoms with Gasteiger partial charge in [0, 0.05) is 45.2 Å². The Hall–Kier alpha value is -1.67. The number of methoxy groups -OCH3 is 1. The molecule has 8 nitrogen and oxygen atoms in total. The summed E-state index contributed by atoms with van der Waals surface area (Å²) in [7, 11) is -0.950. The lowest BCUT2D eigenvalue weighted by molar-refractivity contribution is -0.140. The Morgan fingerprint density at radius 1 is 1.06 bits per heavy atom. The number of halogens is 3. The molecule has 0 saturated carbocycles. The molecule has 0 aliphatic carbocycles. The molecule has 0 unspecified atom stereocenters. The molecule has 0 N–H and O–H groups in total. The Labute approximate surface area is 199 Å². The Kier molecular flexibility index (Phi) is 7.46. The van der Waals surface area contributed by atoms with Crippen LogP contribution in [-0.4, -0.2) is 59.7 Å². The summed E-state index contributed by atoms with van der Waals surface area (Å²) in [5.74, 6) is 0.226. The Morgan fingerprint density at radius 3 is 2.21 bits per heavy atom. The third-order valence-corrected chi connectivity index (χ3v) is 7.77. The van der Waals surface area contributed by atoms with Crippen molar-refractivity contribution < 1.29 is 32.0 Å². The fraction of sp³-hybridized carbons (Fsp3) is 0.714. The quantitative estimate of drug-likeness (QED) is 0.383. The summed E-state index contributed by atoms with van der Waals surface area (Å²) in [6.07, 6.45) is -1.74. The smallest absolute Gasteiger partial charge is 0.399 e. The fourth-order valence-electron chi connectivity index (χ4n) is 3.36. The van der Waals surface area contributed by atoms with Crippen molar-refractivity contribution in [2.24, 2.45) is 0 Å². The molecule has 34 heavy (non-hydrogen) atoms. The van der Waals surface area contributed by atoms with Crippen molar-refractivity contribution in [3.8, 4) is 5.82 Å². The normalized spacial score (nSPS) is 18.1. The Balaban J connectivity index is 1.92. The van der Waals surface area contributed by atoms with E-state index in [1.165, 1.54) is 18.0 Å². The van der Waals surface area contributed by atoms with Gasteiger partial charge in [-0.2, -0.15) is 23.4 Å². The molecule has 2 aromatic rings. The molecule has 1 saturated heterocycles. The lowest BCUT2D eigenvalue weighted by atomic mass is 9.79. The van der Waals surface area contributed by atoms with Crippen LogP contribution >= 0.6 is 0 Å². The molecule has 1 aliphatic rings. The van der Waals surface area contributed by atoms with E-state index in [1.54, 1.807) is 33.9 Å². The molecule has 0 bridgehead atoms. The SMILES string of the molecule is COCc1cn(COCC[Si](C)(C)C)nc1-n1cc(B2OC(C)(C)C(C)(C)O2)c(C(F)(F)F)n1. The van der Waals surface area contributed by atoms with Crippen molar-refractivity contribution in [1.29, 1.82) is 0 Å². The van der Waals surface area contributed by atoms with Gasteiger partial charge in [0.1, 0.15) is 6.73 Å². The second kappa shape index (κ2) is 9.42. The summed E-state index contributed by atoms with van der Waals surface area (Å²) >= 11 is 0. The highest BCUT2D eigenvalue weighted by Gasteiger charge is 2.55. The molecular formula is C21H34BF3N4O4Si. The average Bonchev–Trinajstić information content (AvgIpc) is 3.32. The molecule has 1 fully saturated rings. The lowest BCUT2D eigenvalue weighted by Crippen LogP contribution is -2.41. The van der Waals surface area contributed by atoms with Gasteiger partial charge in [0.05, 0.1) is 17.8 Å². The Morgan fingerprint density at radius 2 is 1.68 bits per heavy atom. The molecule has 3 rings (SSSR count). The van der Waals surface area contributed by atoms with E-state index in [0.29, 0.717) is 12.2 Å². The number of ether oxygens (including phenoxy) is 2. The zero-order valence-corrected chi connectivity index (χ0v) is 22.1. The van der Waals surface area contributed by atoms with Crippen LogP contribution in [0.3, 0.4) is 0 Å². The third-order valence-electron chi connectivity index (χ3n) is 6.07. The van der Waals surface area contributed by atoms with Gasteiger partial charge in [0.2, 0.25) is 0 Å². The van der Waals surface area contributed by atoms with E-state index < -0.39 is 38.3 Å². The van der Waals surface area contributed by atoms with Crippen molar-refractivity contribution in [1.82, 2.24) is 19.6 Å². The summed E-state index contributed by atoms with van der Waals surface area (Å²) in [5.41, 5.74) is -2.28. The minimum absolute atomic E-state index is 0.150. The second-order valence-electron chi connectivity index (χ2n) is 10.8. The first-order chi connectivity index (χ1) is 15.5. The minimum Gasteiger partial charge on any atom is -0.399 e. The standard InChI is InChI=1S/C21H34BF3N4O4Si/c1-19(2)20(3,4)33-22(32-19)16-12-29(26-17(16)21(23,24)25)18-15(13-30-5)11-28(27-18)14-31-9-10-34(6,7)8/h11-12H,9-10,13-14H2,1-8H3. The number of aromatic nitrogens is 4. The third kappa shape index (κ3) is 5.93. The maximum Gasteiger partial charge on any atom is 0.498 e. The molecule has 0 aromatic carbocycles. The van der Waals surface area contributed by atoms with Gasteiger partial charge < -0.3 is 18.8 Å². The summed E-state index contributed by atoms with van der Waals surface area (Å²) in [6, 6.07) is 0.998. The molecule has 0 spiro atoms. The number of alkyl halides is 3. The van der Waals surface area contributed by atoms with E-state index in [-0.39, 0.29) is 24.6 Å².